The van der Waals surface area contributed by atoms with E-state index < -0.39 is 0 Å². The van der Waals surface area contributed by atoms with Crippen molar-refractivity contribution in [3.63, 3.8) is 0 Å². The molecule has 17 heavy (non-hydrogen) atoms. The maximum Gasteiger partial charge on any atom is 0.0901 e. The molecule has 2 heteroatoms. The van der Waals surface area contributed by atoms with Crippen LogP contribution in [0, 0.1) is 6.92 Å². The highest BCUT2D eigenvalue weighted by Gasteiger charge is 1.95. The van der Waals surface area contributed by atoms with Crippen molar-refractivity contribution in [3.8, 4) is 0 Å². The van der Waals surface area contributed by atoms with Crippen LogP contribution in [0.3, 0.4) is 0 Å². The van der Waals surface area contributed by atoms with Crippen molar-refractivity contribution in [2.75, 3.05) is 0 Å². The molecule has 1 aromatic heterocycles. The summed E-state index contributed by atoms with van der Waals surface area (Å²) >= 11 is 1.71. The average molecular weight is 251 g/mol. The van der Waals surface area contributed by atoms with E-state index in [1.807, 2.05) is 20.8 Å². The van der Waals surface area contributed by atoms with Crippen LogP contribution in [0.1, 0.15) is 58.2 Å². The first-order valence-electron chi connectivity index (χ1n) is 6.30. The fourth-order valence-corrected chi connectivity index (χ4v) is 1.93. The summed E-state index contributed by atoms with van der Waals surface area (Å²) in [6.45, 7) is 12.5. The SMILES string of the molecule is CC.CC(C)=CCC/C(C)=C/c1csc(C)n1. The van der Waals surface area contributed by atoms with Gasteiger partial charge in [0.1, 0.15) is 0 Å². The Hall–Kier alpha value is -0.890. The lowest BCUT2D eigenvalue weighted by atomic mass is 10.1. The number of hydrogen-bond donors (Lipinski definition) is 0. The van der Waals surface area contributed by atoms with Crippen molar-refractivity contribution >= 4 is 17.4 Å². The molecule has 0 bridgehead atoms. The monoisotopic (exact) mass is 251 g/mol. The molecule has 0 spiro atoms. The Balaban J connectivity index is 0.00000121. The van der Waals surface area contributed by atoms with E-state index in [0.29, 0.717) is 0 Å². The number of aryl methyl sites for hydroxylation is 1. The van der Waals surface area contributed by atoms with E-state index in [-0.39, 0.29) is 0 Å². The maximum absolute atomic E-state index is 4.42. The van der Waals surface area contributed by atoms with Gasteiger partial charge in [0.15, 0.2) is 0 Å². The van der Waals surface area contributed by atoms with Crippen molar-refractivity contribution in [2.45, 2.75) is 54.4 Å². The third-order valence-electron chi connectivity index (χ3n) is 2.12. The normalized spacial score (nSPS) is 10.6. The number of allylic oxidation sites excluding steroid dienone is 3. The summed E-state index contributed by atoms with van der Waals surface area (Å²) in [5.41, 5.74) is 3.90. The average Bonchev–Trinajstić information content (AvgIpc) is 2.66. The maximum atomic E-state index is 4.42. The standard InChI is InChI=1S/C13H19NS.C2H6/c1-10(2)6-5-7-11(3)8-13-9-15-12(4)14-13;1-2/h6,8-9H,5,7H2,1-4H3;1-2H3/b11-8+;. The summed E-state index contributed by atoms with van der Waals surface area (Å²) in [4.78, 5) is 4.42. The molecule has 0 atom stereocenters. The molecule has 1 nitrogen and oxygen atoms in total. The van der Waals surface area contributed by atoms with Gasteiger partial charge in [0.05, 0.1) is 10.7 Å². The third kappa shape index (κ3) is 7.92. The van der Waals surface area contributed by atoms with Gasteiger partial charge >= 0.3 is 0 Å². The second kappa shape index (κ2) is 9.17. The van der Waals surface area contributed by atoms with Gasteiger partial charge in [-0.2, -0.15) is 0 Å². The van der Waals surface area contributed by atoms with Crippen LogP contribution in [0.5, 0.6) is 0 Å². The van der Waals surface area contributed by atoms with Crippen LogP contribution in [-0.2, 0) is 0 Å². The van der Waals surface area contributed by atoms with Crippen LogP contribution < -0.4 is 0 Å². The Morgan fingerprint density at radius 1 is 1.29 bits per heavy atom. The van der Waals surface area contributed by atoms with Crippen LogP contribution in [0.25, 0.3) is 6.08 Å². The van der Waals surface area contributed by atoms with Gasteiger partial charge in [-0.3, -0.25) is 0 Å². The van der Waals surface area contributed by atoms with Crippen LogP contribution in [0.2, 0.25) is 0 Å². The van der Waals surface area contributed by atoms with Gasteiger partial charge in [-0.15, -0.1) is 11.3 Å². The van der Waals surface area contributed by atoms with Crippen molar-refractivity contribution in [2.24, 2.45) is 0 Å². The van der Waals surface area contributed by atoms with Gasteiger partial charge in [-0.05, 0) is 46.6 Å². The van der Waals surface area contributed by atoms with E-state index >= 15 is 0 Å². The third-order valence-corrected chi connectivity index (χ3v) is 2.91. The molecular weight excluding hydrogens is 226 g/mol. The predicted molar refractivity (Wildman–Crippen MR) is 80.5 cm³/mol. The summed E-state index contributed by atoms with van der Waals surface area (Å²) in [6.07, 6.45) is 6.72. The first kappa shape index (κ1) is 16.1. The van der Waals surface area contributed by atoms with Gasteiger partial charge in [0, 0.05) is 5.38 Å². The van der Waals surface area contributed by atoms with Gasteiger partial charge in [0.2, 0.25) is 0 Å². The van der Waals surface area contributed by atoms with E-state index in [4.69, 9.17) is 0 Å². The summed E-state index contributed by atoms with van der Waals surface area (Å²) in [7, 11) is 0. The minimum absolute atomic E-state index is 1.10. The zero-order valence-corrected chi connectivity index (χ0v) is 12.8. The molecule has 0 aliphatic heterocycles. The van der Waals surface area contributed by atoms with Crippen LogP contribution in [0.4, 0.5) is 0 Å². The van der Waals surface area contributed by atoms with E-state index in [2.05, 4.69) is 43.3 Å². The topological polar surface area (TPSA) is 12.9 Å². The Morgan fingerprint density at radius 2 is 1.94 bits per heavy atom. The molecule has 1 rings (SSSR count). The largest absolute Gasteiger partial charge is 0.242 e. The van der Waals surface area contributed by atoms with Crippen molar-refractivity contribution in [3.05, 3.63) is 33.3 Å². The Bertz CT molecular complexity index is 368. The summed E-state index contributed by atoms with van der Waals surface area (Å²) in [6, 6.07) is 0. The molecule has 0 saturated carbocycles. The molecule has 1 heterocycles. The van der Waals surface area contributed by atoms with E-state index in [1.54, 1.807) is 11.3 Å². The lowest BCUT2D eigenvalue weighted by molar-refractivity contribution is 0.974. The number of thiazole rings is 1. The first-order chi connectivity index (χ1) is 8.08. The molecule has 0 saturated heterocycles. The van der Waals surface area contributed by atoms with E-state index in [9.17, 15) is 0 Å². The fourth-order valence-electron chi connectivity index (χ4n) is 1.36. The molecule has 0 unspecified atom stereocenters. The summed E-state index contributed by atoms with van der Waals surface area (Å²) in [5, 5.41) is 3.25. The second-order valence-electron chi connectivity index (χ2n) is 4.10. The zero-order chi connectivity index (χ0) is 13.3. The molecule has 96 valence electrons. The second-order valence-corrected chi connectivity index (χ2v) is 5.16. The van der Waals surface area contributed by atoms with Gasteiger partial charge < -0.3 is 0 Å². The lowest BCUT2D eigenvalue weighted by Gasteiger charge is -1.97. The van der Waals surface area contributed by atoms with Gasteiger partial charge in [-0.1, -0.05) is 31.1 Å². The fraction of sp³-hybridized carbons (Fsp3) is 0.533. The van der Waals surface area contributed by atoms with Crippen molar-refractivity contribution in [1.82, 2.24) is 4.98 Å². The molecule has 0 aliphatic carbocycles. The van der Waals surface area contributed by atoms with E-state index in [1.165, 1.54) is 11.1 Å². The van der Waals surface area contributed by atoms with Crippen molar-refractivity contribution < 1.29 is 0 Å². The van der Waals surface area contributed by atoms with Gasteiger partial charge in [0.25, 0.3) is 0 Å². The highest BCUT2D eigenvalue weighted by Crippen LogP contribution is 2.14. The predicted octanol–water partition coefficient (Wildman–Crippen LogP) is 5.63. The smallest absolute Gasteiger partial charge is 0.0901 e. The number of hydrogen-bond acceptors (Lipinski definition) is 2. The summed E-state index contributed by atoms with van der Waals surface area (Å²) in [5.74, 6) is 0. The Labute approximate surface area is 110 Å². The van der Waals surface area contributed by atoms with Crippen molar-refractivity contribution in [1.29, 1.82) is 0 Å². The number of rotatable bonds is 4. The lowest BCUT2D eigenvalue weighted by Crippen LogP contribution is -1.79. The minimum Gasteiger partial charge on any atom is -0.242 e. The highest BCUT2D eigenvalue weighted by atomic mass is 32.1. The van der Waals surface area contributed by atoms with Crippen LogP contribution >= 0.6 is 11.3 Å². The van der Waals surface area contributed by atoms with Crippen LogP contribution in [-0.4, -0.2) is 4.98 Å². The highest BCUT2D eigenvalue weighted by molar-refractivity contribution is 7.09. The summed E-state index contributed by atoms with van der Waals surface area (Å²) < 4.78 is 0. The molecule has 0 N–H and O–H groups in total. The molecule has 1 aromatic rings. The molecular formula is C15H25NS. The number of aromatic nitrogens is 1. The van der Waals surface area contributed by atoms with E-state index in [0.717, 1.165) is 23.5 Å². The Kier molecular flexibility index (Phi) is 8.69. The minimum atomic E-state index is 1.10. The molecule has 0 amide bonds. The first-order valence-corrected chi connectivity index (χ1v) is 7.18. The molecule has 0 aliphatic rings. The van der Waals surface area contributed by atoms with Gasteiger partial charge in [-0.25, -0.2) is 4.98 Å². The quantitative estimate of drug-likeness (QED) is 0.632. The Morgan fingerprint density at radius 3 is 2.41 bits per heavy atom. The molecule has 0 fully saturated rings. The number of nitrogens with zero attached hydrogens (tertiary/aromatic N) is 1. The molecule has 0 aromatic carbocycles. The zero-order valence-electron chi connectivity index (χ0n) is 12.0. The van der Waals surface area contributed by atoms with Crippen LogP contribution in [0.15, 0.2) is 22.6 Å². The molecule has 0 radical (unpaired) electrons.